The second kappa shape index (κ2) is 17.9. The zero-order chi connectivity index (χ0) is 31.7. The average molecular weight is 633 g/mol. The van der Waals surface area contributed by atoms with Gasteiger partial charge in [0.05, 0.1) is 38.4 Å². The van der Waals surface area contributed by atoms with E-state index in [-0.39, 0.29) is 39.5 Å². The number of nitrogens with zero attached hydrogens (tertiary/aromatic N) is 2. The predicted molar refractivity (Wildman–Crippen MR) is 172 cm³/mol. The van der Waals surface area contributed by atoms with Crippen molar-refractivity contribution < 1.29 is 38.0 Å². The lowest BCUT2D eigenvalue weighted by Gasteiger charge is -2.27. The Morgan fingerprint density at radius 1 is 0.511 bits per heavy atom. The highest BCUT2D eigenvalue weighted by Gasteiger charge is 2.25. The monoisotopic (exact) mass is 632 g/mol. The molecular formula is C34H36N2O8S. The van der Waals surface area contributed by atoms with Crippen molar-refractivity contribution in [1.29, 1.82) is 0 Å². The smallest absolute Gasteiger partial charge is 0.421 e. The molecule has 4 aromatic carbocycles. The Bertz CT molecular complexity index is 1330. The number of para-hydroxylation sites is 2. The van der Waals surface area contributed by atoms with Gasteiger partial charge in [0.25, 0.3) is 0 Å². The van der Waals surface area contributed by atoms with Gasteiger partial charge in [0, 0.05) is 0 Å². The first kappa shape index (κ1) is 32.9. The zero-order valence-corrected chi connectivity index (χ0v) is 26.0. The molecule has 0 N–H and O–H groups in total. The normalized spacial score (nSPS) is 10.4. The summed E-state index contributed by atoms with van der Waals surface area (Å²) in [5, 5.41) is 0. The van der Waals surface area contributed by atoms with Crippen LogP contribution in [0.1, 0.15) is 13.8 Å². The van der Waals surface area contributed by atoms with Crippen molar-refractivity contribution in [3.05, 3.63) is 109 Å². The number of carbonyl (C=O) groups is 2. The molecule has 0 saturated heterocycles. The Kier molecular flexibility index (Phi) is 13.1. The third-order valence-corrected chi connectivity index (χ3v) is 6.93. The van der Waals surface area contributed by atoms with Gasteiger partial charge in [0.1, 0.15) is 47.7 Å². The van der Waals surface area contributed by atoms with Crippen molar-refractivity contribution in [2.24, 2.45) is 0 Å². The van der Waals surface area contributed by atoms with E-state index in [1.165, 1.54) is 8.61 Å². The number of hydrogen-bond donors (Lipinski definition) is 0. The van der Waals surface area contributed by atoms with Crippen LogP contribution in [0.25, 0.3) is 0 Å². The molecule has 45 heavy (non-hydrogen) atoms. The molecule has 0 unspecified atom stereocenters. The van der Waals surface area contributed by atoms with Crippen LogP contribution in [-0.4, -0.2) is 60.3 Å². The molecule has 236 valence electrons. The number of amides is 2. The van der Waals surface area contributed by atoms with Gasteiger partial charge in [0.2, 0.25) is 0 Å². The summed E-state index contributed by atoms with van der Waals surface area (Å²) in [5.74, 6) is 3.99. The van der Waals surface area contributed by atoms with E-state index in [0.29, 0.717) is 23.0 Å². The summed E-state index contributed by atoms with van der Waals surface area (Å²) < 4.78 is 36.4. The van der Waals surface area contributed by atoms with Crippen molar-refractivity contribution in [3.8, 4) is 34.5 Å². The number of ether oxygens (including phenoxy) is 6. The minimum atomic E-state index is -0.609. The van der Waals surface area contributed by atoms with Gasteiger partial charge in [-0.15, -0.1) is 0 Å². The molecule has 0 aliphatic rings. The standard InChI is InChI=1S/C34H36N2O8S/c1-3-39-33(37)35(23-25-41-27-15-19-31(20-16-27)43-29-11-7-5-8-12-29)45-36(34(38)40-4-2)24-26-42-28-17-21-32(22-18-28)44-30-13-9-6-10-14-30/h5-22H,3-4,23-26H2,1-2H3. The van der Waals surface area contributed by atoms with Gasteiger partial charge < -0.3 is 28.4 Å². The van der Waals surface area contributed by atoms with Gasteiger partial charge >= 0.3 is 12.2 Å². The number of rotatable bonds is 16. The third kappa shape index (κ3) is 11.2. The van der Waals surface area contributed by atoms with Crippen molar-refractivity contribution >= 4 is 24.3 Å². The molecule has 4 aromatic rings. The Balaban J connectivity index is 1.30. The maximum Gasteiger partial charge on any atom is 0.421 e. The highest BCUT2D eigenvalue weighted by Crippen LogP contribution is 2.26. The van der Waals surface area contributed by atoms with Crippen LogP contribution in [0.2, 0.25) is 0 Å². The molecule has 4 rings (SSSR count). The van der Waals surface area contributed by atoms with E-state index in [2.05, 4.69) is 0 Å². The highest BCUT2D eigenvalue weighted by molar-refractivity contribution is 7.95. The number of carbonyl (C=O) groups excluding carboxylic acids is 2. The van der Waals surface area contributed by atoms with Gasteiger partial charge in [0.15, 0.2) is 0 Å². The van der Waals surface area contributed by atoms with Crippen LogP contribution in [0.15, 0.2) is 109 Å². The Morgan fingerprint density at radius 2 is 0.844 bits per heavy atom. The molecule has 0 saturated carbocycles. The van der Waals surface area contributed by atoms with Gasteiger partial charge in [-0.05, 0) is 86.6 Å². The molecule has 0 bridgehead atoms. The maximum atomic E-state index is 12.8. The van der Waals surface area contributed by atoms with Crippen LogP contribution in [-0.2, 0) is 9.47 Å². The van der Waals surface area contributed by atoms with Crippen molar-refractivity contribution in [2.75, 3.05) is 39.5 Å². The fourth-order valence-electron chi connectivity index (χ4n) is 3.79. The van der Waals surface area contributed by atoms with Crippen LogP contribution in [0, 0.1) is 0 Å². The Hall–Kier alpha value is -5.03. The molecule has 0 aromatic heterocycles. The summed E-state index contributed by atoms with van der Waals surface area (Å²) in [6.45, 7) is 4.33. The molecule has 10 nitrogen and oxygen atoms in total. The summed E-state index contributed by atoms with van der Waals surface area (Å²) >= 11 is 0.881. The molecular weight excluding hydrogens is 596 g/mol. The molecule has 11 heteroatoms. The van der Waals surface area contributed by atoms with Crippen molar-refractivity contribution in [1.82, 2.24) is 8.61 Å². The van der Waals surface area contributed by atoms with Crippen LogP contribution in [0.5, 0.6) is 34.5 Å². The van der Waals surface area contributed by atoms with E-state index in [1.54, 1.807) is 62.4 Å². The van der Waals surface area contributed by atoms with Crippen molar-refractivity contribution in [2.45, 2.75) is 13.8 Å². The summed E-state index contributed by atoms with van der Waals surface area (Å²) in [6.07, 6.45) is -1.22. The first-order chi connectivity index (χ1) is 22.0. The van der Waals surface area contributed by atoms with Crippen LogP contribution in [0.4, 0.5) is 9.59 Å². The zero-order valence-electron chi connectivity index (χ0n) is 25.2. The topological polar surface area (TPSA) is 96.0 Å². The van der Waals surface area contributed by atoms with Gasteiger partial charge in [-0.25, -0.2) is 18.2 Å². The quantitative estimate of drug-likeness (QED) is 0.113. The maximum absolute atomic E-state index is 12.8. The van der Waals surface area contributed by atoms with E-state index >= 15 is 0 Å². The van der Waals surface area contributed by atoms with E-state index in [0.717, 1.165) is 23.6 Å². The number of benzene rings is 4. The van der Waals surface area contributed by atoms with E-state index in [4.69, 9.17) is 28.4 Å². The first-order valence-corrected chi connectivity index (χ1v) is 15.2. The molecule has 0 atom stereocenters. The minimum absolute atomic E-state index is 0.130. The molecule has 0 fully saturated rings. The summed E-state index contributed by atoms with van der Waals surface area (Å²) in [5.41, 5.74) is 0. The predicted octanol–water partition coefficient (Wildman–Crippen LogP) is 8.21. The Morgan fingerprint density at radius 3 is 1.20 bits per heavy atom. The van der Waals surface area contributed by atoms with Crippen LogP contribution in [0.3, 0.4) is 0 Å². The SMILES string of the molecule is CCOC(=O)N(CCOc1ccc(Oc2ccccc2)cc1)SN(CCOc1ccc(Oc2ccccc2)cc1)C(=O)OCC. The molecule has 2 amide bonds. The second-order valence-electron chi connectivity index (χ2n) is 9.15. The highest BCUT2D eigenvalue weighted by atomic mass is 32.2. The largest absolute Gasteiger partial charge is 0.492 e. The first-order valence-electron chi connectivity index (χ1n) is 14.5. The van der Waals surface area contributed by atoms with E-state index in [9.17, 15) is 9.59 Å². The van der Waals surface area contributed by atoms with Crippen molar-refractivity contribution in [3.63, 3.8) is 0 Å². The molecule has 0 heterocycles. The molecule has 0 aliphatic carbocycles. The third-order valence-electron chi connectivity index (χ3n) is 5.87. The van der Waals surface area contributed by atoms with E-state index < -0.39 is 12.2 Å². The van der Waals surface area contributed by atoms with E-state index in [1.807, 2.05) is 60.7 Å². The number of hydrogen-bond acceptors (Lipinski definition) is 9. The van der Waals surface area contributed by atoms with Gasteiger partial charge in [-0.2, -0.15) is 0 Å². The van der Waals surface area contributed by atoms with Gasteiger partial charge in [-0.1, -0.05) is 36.4 Å². The van der Waals surface area contributed by atoms with Gasteiger partial charge in [-0.3, -0.25) is 0 Å². The Labute approximate surface area is 267 Å². The molecule has 0 aliphatic heterocycles. The summed E-state index contributed by atoms with van der Waals surface area (Å²) in [6, 6.07) is 33.2. The van der Waals surface area contributed by atoms with Crippen LogP contribution < -0.4 is 18.9 Å². The summed E-state index contributed by atoms with van der Waals surface area (Å²) in [4.78, 5) is 25.5. The lowest BCUT2D eigenvalue weighted by atomic mass is 10.3. The summed E-state index contributed by atoms with van der Waals surface area (Å²) in [7, 11) is 0. The lowest BCUT2D eigenvalue weighted by molar-refractivity contribution is 0.121. The second-order valence-corrected chi connectivity index (χ2v) is 10.2. The molecule has 0 spiro atoms. The van der Waals surface area contributed by atoms with Crippen LogP contribution >= 0.6 is 12.1 Å². The molecule has 0 radical (unpaired) electrons. The average Bonchev–Trinajstić information content (AvgIpc) is 3.06. The fraction of sp³-hybridized carbons (Fsp3) is 0.235. The lowest BCUT2D eigenvalue weighted by Crippen LogP contribution is -2.38. The minimum Gasteiger partial charge on any atom is -0.492 e. The fourth-order valence-corrected chi connectivity index (χ4v) is 4.58.